The molecule has 2 aromatic carbocycles. The first-order chi connectivity index (χ1) is 11.6. The lowest BCUT2D eigenvalue weighted by Gasteiger charge is -2.08. The summed E-state index contributed by atoms with van der Waals surface area (Å²) in [5.74, 6) is 0.914. The molecule has 0 saturated carbocycles. The average molecular weight is 334 g/mol. The molecule has 0 atom stereocenters. The monoisotopic (exact) mass is 334 g/mol. The fourth-order valence-corrected chi connectivity index (χ4v) is 3.39. The SMILES string of the molecule is Cc1ccc(-n2c(Cc3c(C)[nH]c4ccccc34)n[nH]c2=S)cc1. The predicted octanol–water partition coefficient (Wildman–Crippen LogP) is 4.62. The van der Waals surface area contributed by atoms with Gasteiger partial charge < -0.3 is 4.98 Å². The van der Waals surface area contributed by atoms with Gasteiger partial charge in [0, 0.05) is 28.7 Å². The molecule has 24 heavy (non-hydrogen) atoms. The molecule has 120 valence electrons. The van der Waals surface area contributed by atoms with Gasteiger partial charge in [-0.1, -0.05) is 35.9 Å². The topological polar surface area (TPSA) is 49.4 Å². The molecular weight excluding hydrogens is 316 g/mol. The van der Waals surface area contributed by atoms with Crippen LogP contribution < -0.4 is 0 Å². The summed E-state index contributed by atoms with van der Waals surface area (Å²) in [5, 5.41) is 8.64. The van der Waals surface area contributed by atoms with Gasteiger partial charge in [0.2, 0.25) is 0 Å². The Morgan fingerprint density at radius 1 is 1.04 bits per heavy atom. The highest BCUT2D eigenvalue weighted by atomic mass is 32.1. The van der Waals surface area contributed by atoms with Crippen molar-refractivity contribution in [2.45, 2.75) is 20.3 Å². The van der Waals surface area contributed by atoms with Gasteiger partial charge >= 0.3 is 0 Å². The third kappa shape index (κ3) is 2.47. The lowest BCUT2D eigenvalue weighted by molar-refractivity contribution is 0.900. The molecule has 2 aromatic heterocycles. The van der Waals surface area contributed by atoms with Crippen molar-refractivity contribution in [1.29, 1.82) is 0 Å². The fourth-order valence-electron chi connectivity index (χ4n) is 3.13. The van der Waals surface area contributed by atoms with Crippen LogP contribution in [0.25, 0.3) is 16.6 Å². The van der Waals surface area contributed by atoms with Gasteiger partial charge in [-0.3, -0.25) is 9.67 Å². The fraction of sp³-hybridized carbons (Fsp3) is 0.158. The van der Waals surface area contributed by atoms with Gasteiger partial charge in [0.15, 0.2) is 4.77 Å². The van der Waals surface area contributed by atoms with Crippen LogP contribution in [0.3, 0.4) is 0 Å². The van der Waals surface area contributed by atoms with Crippen molar-refractivity contribution in [1.82, 2.24) is 19.7 Å². The van der Waals surface area contributed by atoms with Crippen molar-refractivity contribution >= 4 is 23.1 Å². The minimum Gasteiger partial charge on any atom is -0.358 e. The third-order valence-corrected chi connectivity index (χ3v) is 4.67. The van der Waals surface area contributed by atoms with Crippen LogP contribution in [-0.2, 0) is 6.42 Å². The smallest absolute Gasteiger partial charge is 0.199 e. The molecule has 0 unspecified atom stereocenters. The maximum Gasteiger partial charge on any atom is 0.199 e. The number of nitrogens with one attached hydrogen (secondary N) is 2. The number of rotatable bonds is 3. The minimum atomic E-state index is 0.617. The van der Waals surface area contributed by atoms with Crippen molar-refractivity contribution < 1.29 is 0 Å². The summed E-state index contributed by atoms with van der Waals surface area (Å²) < 4.78 is 2.63. The van der Waals surface area contributed by atoms with Gasteiger partial charge in [0.1, 0.15) is 5.82 Å². The van der Waals surface area contributed by atoms with E-state index in [1.165, 1.54) is 22.2 Å². The molecule has 5 heteroatoms. The number of hydrogen-bond donors (Lipinski definition) is 2. The standard InChI is InChI=1S/C19H18N4S/c1-12-7-9-14(10-8-12)23-18(21-22-19(23)24)11-16-13(2)20-17-6-4-3-5-15(16)17/h3-10,20H,11H2,1-2H3,(H,22,24). The second-order valence-corrected chi connectivity index (χ2v) is 6.45. The van der Waals surface area contributed by atoms with Crippen molar-refractivity contribution in [3.8, 4) is 5.69 Å². The molecule has 0 fully saturated rings. The Bertz CT molecular complexity index is 1070. The van der Waals surface area contributed by atoms with Crippen molar-refractivity contribution in [3.63, 3.8) is 0 Å². The quantitative estimate of drug-likeness (QED) is 0.537. The van der Waals surface area contributed by atoms with Gasteiger partial charge in [-0.15, -0.1) is 0 Å². The highest BCUT2D eigenvalue weighted by Crippen LogP contribution is 2.25. The Hall–Kier alpha value is -2.66. The summed E-state index contributed by atoms with van der Waals surface area (Å²) in [6.45, 7) is 4.18. The van der Waals surface area contributed by atoms with Crippen LogP contribution >= 0.6 is 12.2 Å². The number of aromatic amines is 2. The van der Waals surface area contributed by atoms with E-state index in [0.717, 1.165) is 23.4 Å². The molecule has 0 amide bonds. The number of para-hydroxylation sites is 1. The summed E-state index contributed by atoms with van der Waals surface area (Å²) in [7, 11) is 0. The summed E-state index contributed by atoms with van der Waals surface area (Å²) in [5.41, 5.74) is 5.84. The number of nitrogens with zero attached hydrogens (tertiary/aromatic N) is 2. The number of benzene rings is 2. The Morgan fingerprint density at radius 3 is 2.58 bits per heavy atom. The van der Waals surface area contributed by atoms with E-state index >= 15 is 0 Å². The molecule has 4 rings (SSSR count). The van der Waals surface area contributed by atoms with E-state index in [1.54, 1.807) is 0 Å². The maximum absolute atomic E-state index is 5.45. The zero-order chi connectivity index (χ0) is 16.7. The van der Waals surface area contributed by atoms with Crippen molar-refractivity contribution in [3.05, 3.63) is 75.9 Å². The molecule has 0 bridgehead atoms. The largest absolute Gasteiger partial charge is 0.358 e. The number of H-pyrrole nitrogens is 2. The first-order valence-corrected chi connectivity index (χ1v) is 8.34. The van der Waals surface area contributed by atoms with E-state index in [-0.39, 0.29) is 0 Å². The minimum absolute atomic E-state index is 0.617. The molecule has 0 aliphatic rings. The molecule has 4 nitrogen and oxygen atoms in total. The van der Waals surface area contributed by atoms with E-state index in [0.29, 0.717) is 4.77 Å². The van der Waals surface area contributed by atoms with Crippen LogP contribution in [0, 0.1) is 18.6 Å². The van der Waals surface area contributed by atoms with Crippen LogP contribution in [-0.4, -0.2) is 19.7 Å². The van der Waals surface area contributed by atoms with E-state index in [2.05, 4.69) is 71.5 Å². The first kappa shape index (κ1) is 14.9. The number of fused-ring (bicyclic) bond motifs is 1. The van der Waals surface area contributed by atoms with Crippen molar-refractivity contribution in [2.75, 3.05) is 0 Å². The molecule has 0 aliphatic carbocycles. The molecule has 0 radical (unpaired) electrons. The second-order valence-electron chi connectivity index (χ2n) is 6.07. The summed E-state index contributed by atoms with van der Waals surface area (Å²) in [6, 6.07) is 16.7. The Balaban J connectivity index is 1.82. The maximum atomic E-state index is 5.45. The lowest BCUT2D eigenvalue weighted by Crippen LogP contribution is -2.03. The van der Waals surface area contributed by atoms with Crippen LogP contribution in [0.1, 0.15) is 22.6 Å². The molecular formula is C19H18N4S. The first-order valence-electron chi connectivity index (χ1n) is 7.93. The highest BCUT2D eigenvalue weighted by Gasteiger charge is 2.14. The Morgan fingerprint density at radius 2 is 1.79 bits per heavy atom. The molecule has 2 heterocycles. The Kier molecular flexibility index (Phi) is 3.58. The second kappa shape index (κ2) is 5.76. The van der Waals surface area contributed by atoms with E-state index < -0.39 is 0 Å². The normalized spacial score (nSPS) is 11.2. The summed E-state index contributed by atoms with van der Waals surface area (Å²) in [4.78, 5) is 3.45. The van der Waals surface area contributed by atoms with Gasteiger partial charge in [-0.25, -0.2) is 0 Å². The summed E-state index contributed by atoms with van der Waals surface area (Å²) >= 11 is 5.45. The molecule has 0 spiro atoms. The average Bonchev–Trinajstić information content (AvgIpc) is 3.09. The molecule has 0 saturated heterocycles. The predicted molar refractivity (Wildman–Crippen MR) is 99.3 cm³/mol. The number of aryl methyl sites for hydroxylation is 2. The van der Waals surface area contributed by atoms with Crippen molar-refractivity contribution in [2.24, 2.45) is 0 Å². The van der Waals surface area contributed by atoms with Gasteiger partial charge in [0.25, 0.3) is 0 Å². The van der Waals surface area contributed by atoms with Gasteiger partial charge in [-0.2, -0.15) is 5.10 Å². The number of hydrogen-bond acceptors (Lipinski definition) is 2. The molecule has 2 N–H and O–H groups in total. The third-order valence-electron chi connectivity index (χ3n) is 4.40. The molecule has 4 aromatic rings. The van der Waals surface area contributed by atoms with Crippen LogP contribution in [0.2, 0.25) is 0 Å². The summed E-state index contributed by atoms with van der Waals surface area (Å²) in [6.07, 6.45) is 0.719. The van der Waals surface area contributed by atoms with E-state index in [9.17, 15) is 0 Å². The van der Waals surface area contributed by atoms with Crippen LogP contribution in [0.5, 0.6) is 0 Å². The zero-order valence-corrected chi connectivity index (χ0v) is 14.4. The zero-order valence-electron chi connectivity index (χ0n) is 13.6. The van der Waals surface area contributed by atoms with Gasteiger partial charge in [0.05, 0.1) is 0 Å². The van der Waals surface area contributed by atoms with Gasteiger partial charge in [-0.05, 0) is 49.8 Å². The Labute approximate surface area is 145 Å². The van der Waals surface area contributed by atoms with Crippen LogP contribution in [0.4, 0.5) is 0 Å². The number of aromatic nitrogens is 4. The highest BCUT2D eigenvalue weighted by molar-refractivity contribution is 7.71. The van der Waals surface area contributed by atoms with E-state index in [1.807, 2.05) is 10.6 Å². The molecule has 0 aliphatic heterocycles. The van der Waals surface area contributed by atoms with Crippen LogP contribution in [0.15, 0.2) is 48.5 Å². The lowest BCUT2D eigenvalue weighted by atomic mass is 10.1. The van der Waals surface area contributed by atoms with E-state index in [4.69, 9.17) is 12.2 Å².